The second kappa shape index (κ2) is 9.32. The summed E-state index contributed by atoms with van der Waals surface area (Å²) in [7, 11) is 11.6. The fraction of sp³-hybridized carbons (Fsp3) is 0.231. The van der Waals surface area contributed by atoms with Gasteiger partial charge < -0.3 is 4.74 Å². The molecule has 0 spiro atoms. The third-order valence-electron chi connectivity index (χ3n) is 5.87. The minimum absolute atomic E-state index is 0.00252. The summed E-state index contributed by atoms with van der Waals surface area (Å²) in [5.74, 6) is -5.72. The summed E-state index contributed by atoms with van der Waals surface area (Å²) in [6.07, 6.45) is 0.435. The van der Waals surface area contributed by atoms with Crippen LogP contribution in [0.5, 0.6) is 5.75 Å². The highest BCUT2D eigenvalue weighted by Gasteiger charge is 2.30. The van der Waals surface area contributed by atoms with Gasteiger partial charge in [0.2, 0.25) is 5.75 Å². The van der Waals surface area contributed by atoms with Gasteiger partial charge >= 0.3 is 0 Å². The number of hydrogen-bond donors (Lipinski definition) is 0. The zero-order valence-electron chi connectivity index (χ0n) is 18.3. The van der Waals surface area contributed by atoms with Crippen molar-refractivity contribution in [2.75, 3.05) is 0 Å². The van der Waals surface area contributed by atoms with E-state index in [0.29, 0.717) is 24.5 Å². The summed E-state index contributed by atoms with van der Waals surface area (Å²) in [5.41, 5.74) is 3.41. The van der Waals surface area contributed by atoms with Crippen molar-refractivity contribution in [3.8, 4) is 5.75 Å². The van der Waals surface area contributed by atoms with Gasteiger partial charge in [-0.2, -0.15) is 8.78 Å². The van der Waals surface area contributed by atoms with Crippen molar-refractivity contribution in [3.05, 3.63) is 99.6 Å². The van der Waals surface area contributed by atoms with Crippen molar-refractivity contribution >= 4 is 27.2 Å². The quantitative estimate of drug-likeness (QED) is 0.339. The van der Waals surface area contributed by atoms with Gasteiger partial charge in [-0.25, -0.2) is 13.2 Å². The zero-order valence-corrected chi connectivity index (χ0v) is 18.3. The first-order valence-electron chi connectivity index (χ1n) is 10.7. The second-order valence-corrected chi connectivity index (χ2v) is 8.70. The molecule has 0 N–H and O–H groups in total. The molecule has 2 unspecified atom stereocenters. The highest BCUT2D eigenvalue weighted by molar-refractivity contribution is 6.34. The van der Waals surface area contributed by atoms with Crippen LogP contribution in [0.3, 0.4) is 0 Å². The fourth-order valence-electron chi connectivity index (χ4n) is 4.36. The van der Waals surface area contributed by atoms with E-state index in [1.807, 2.05) is 0 Å². The summed E-state index contributed by atoms with van der Waals surface area (Å²) in [6.45, 7) is 2.22. The van der Waals surface area contributed by atoms with Gasteiger partial charge in [-0.15, -0.1) is 0 Å². The molecule has 0 aliphatic heterocycles. The van der Waals surface area contributed by atoms with Crippen LogP contribution >= 0.6 is 0 Å². The van der Waals surface area contributed by atoms with Crippen molar-refractivity contribution in [1.29, 1.82) is 0 Å². The van der Waals surface area contributed by atoms with Gasteiger partial charge in [0, 0.05) is 23.8 Å². The summed E-state index contributed by atoms with van der Waals surface area (Å²) in [6, 6.07) is 12.1. The normalized spacial score (nSPS) is 16.6. The highest BCUT2D eigenvalue weighted by atomic mass is 19.3. The van der Waals surface area contributed by atoms with Crippen molar-refractivity contribution in [2.45, 2.75) is 31.9 Å². The second-order valence-electron chi connectivity index (χ2n) is 8.70. The van der Waals surface area contributed by atoms with Crippen molar-refractivity contribution in [2.24, 2.45) is 5.92 Å². The van der Waals surface area contributed by atoms with Crippen LogP contribution in [0, 0.1) is 17.6 Å². The Morgan fingerprint density at radius 2 is 1.62 bits per heavy atom. The molecule has 3 aromatic rings. The molecule has 34 heavy (non-hydrogen) atoms. The van der Waals surface area contributed by atoms with Crippen LogP contribution in [0.1, 0.15) is 40.3 Å². The lowest BCUT2D eigenvalue weighted by molar-refractivity contribution is 0.0169. The van der Waals surface area contributed by atoms with E-state index in [0.717, 1.165) is 24.0 Å². The lowest BCUT2D eigenvalue weighted by Gasteiger charge is -2.26. The molecule has 2 atom stereocenters. The zero-order chi connectivity index (χ0) is 24.6. The van der Waals surface area contributed by atoms with Gasteiger partial charge in [0.1, 0.15) is 25.2 Å². The predicted octanol–water partition coefficient (Wildman–Crippen LogP) is 5.65. The van der Waals surface area contributed by atoms with E-state index in [9.17, 15) is 17.6 Å². The summed E-state index contributed by atoms with van der Waals surface area (Å²) in [4.78, 5) is 0. The molecule has 0 bridgehead atoms. The molecule has 0 heterocycles. The average Bonchev–Trinajstić information content (AvgIpc) is 3.09. The number of alkyl halides is 1. The minimum Gasteiger partial charge on any atom is -0.463 e. The monoisotopic (exact) mass is 464 g/mol. The number of fused-ring (bicyclic) bond motifs is 1. The maximum Gasteiger partial charge on any atom is 0.271 e. The molecule has 4 radical (unpaired) electrons. The lowest BCUT2D eigenvalue weighted by Crippen LogP contribution is -2.34. The number of hydrogen-bond acceptors (Lipinski definition) is 1. The van der Waals surface area contributed by atoms with Crippen LogP contribution in [0.15, 0.2) is 54.6 Å². The van der Waals surface area contributed by atoms with Crippen LogP contribution in [0.2, 0.25) is 0 Å². The van der Waals surface area contributed by atoms with E-state index >= 15 is 4.39 Å². The van der Waals surface area contributed by atoms with Gasteiger partial charge in [0.15, 0.2) is 7.85 Å². The topological polar surface area (TPSA) is 9.23 Å². The molecular formula is C26H19B2F5O. The molecule has 3 aromatic carbocycles. The van der Waals surface area contributed by atoms with Crippen LogP contribution in [0.4, 0.5) is 22.0 Å². The largest absolute Gasteiger partial charge is 0.463 e. The first kappa shape index (κ1) is 24.1. The van der Waals surface area contributed by atoms with Crippen LogP contribution in [-0.2, 0) is 25.0 Å². The van der Waals surface area contributed by atoms with Gasteiger partial charge in [-0.1, -0.05) is 48.8 Å². The Balaban J connectivity index is 1.53. The molecule has 0 aromatic heterocycles. The molecule has 0 fully saturated rings. The molecule has 0 saturated heterocycles. The molecular weight excluding hydrogens is 445 g/mol. The Bertz CT molecular complexity index is 1250. The smallest absolute Gasteiger partial charge is 0.271 e. The van der Waals surface area contributed by atoms with Crippen LogP contribution < -0.4 is 10.2 Å². The Kier molecular flexibility index (Phi) is 6.61. The Morgan fingerprint density at radius 3 is 2.26 bits per heavy atom. The Hall–Kier alpha value is -3.02. The van der Waals surface area contributed by atoms with E-state index < -0.39 is 34.8 Å². The maximum absolute atomic E-state index is 15.2. The van der Waals surface area contributed by atoms with Gasteiger partial charge in [-0.3, -0.25) is 0 Å². The number of benzene rings is 3. The molecule has 0 amide bonds. The fourth-order valence-corrected chi connectivity index (χ4v) is 4.36. The standard InChI is InChI=1S/C26H19B2F5O/c1-14-6-17-4-2-15(9-18(17)7-14)8-16-3-5-21(22(27)10-16)26(28,33)34-19-11-23(29)20(13-25(31)32)24(30)12-19/h2-5,9-14H,6-8H2,1H3. The molecule has 170 valence electrons. The van der Waals surface area contributed by atoms with E-state index in [1.54, 1.807) is 12.1 Å². The van der Waals surface area contributed by atoms with Crippen molar-refractivity contribution in [3.63, 3.8) is 0 Å². The Morgan fingerprint density at radius 1 is 1.00 bits per heavy atom. The van der Waals surface area contributed by atoms with E-state index in [4.69, 9.17) is 20.4 Å². The van der Waals surface area contributed by atoms with Gasteiger partial charge in [-0.05, 0) is 47.4 Å². The summed E-state index contributed by atoms with van der Waals surface area (Å²) < 4.78 is 72.9. The Labute approximate surface area is 197 Å². The average molecular weight is 464 g/mol. The van der Waals surface area contributed by atoms with Gasteiger partial charge in [0.25, 0.3) is 6.08 Å². The van der Waals surface area contributed by atoms with E-state index in [-0.39, 0.29) is 17.1 Å². The molecule has 1 aliphatic carbocycles. The van der Waals surface area contributed by atoms with Crippen molar-refractivity contribution in [1.82, 2.24) is 0 Å². The molecule has 1 aliphatic rings. The maximum atomic E-state index is 15.2. The first-order chi connectivity index (χ1) is 16.0. The van der Waals surface area contributed by atoms with Crippen LogP contribution in [0.25, 0.3) is 6.08 Å². The van der Waals surface area contributed by atoms with Crippen LogP contribution in [-0.4, -0.2) is 15.7 Å². The molecule has 1 nitrogen and oxygen atoms in total. The number of halogens is 5. The van der Waals surface area contributed by atoms with Gasteiger partial charge in [0.05, 0.1) is 5.56 Å². The number of rotatable bonds is 6. The third-order valence-corrected chi connectivity index (χ3v) is 5.87. The molecule has 8 heteroatoms. The SMILES string of the molecule is [B]c1cc(Cc2ccc3c(c2)CC(C)C3)ccc1C([B])(F)Oc1cc(F)c(C=C(F)F)c(F)c1. The highest BCUT2D eigenvalue weighted by Crippen LogP contribution is 2.31. The van der Waals surface area contributed by atoms with E-state index in [1.165, 1.54) is 17.2 Å². The molecule has 0 saturated carbocycles. The first-order valence-corrected chi connectivity index (χ1v) is 10.7. The third kappa shape index (κ3) is 5.21. The molecule has 4 rings (SSSR count). The predicted molar refractivity (Wildman–Crippen MR) is 123 cm³/mol. The van der Waals surface area contributed by atoms with Crippen molar-refractivity contribution < 1.29 is 26.7 Å². The van der Waals surface area contributed by atoms with E-state index in [2.05, 4.69) is 25.1 Å². The summed E-state index contributed by atoms with van der Waals surface area (Å²) >= 11 is 0. The summed E-state index contributed by atoms with van der Waals surface area (Å²) in [5, 5.41) is 0. The number of ether oxygens (including phenoxy) is 1. The lowest BCUT2D eigenvalue weighted by atomic mass is 9.78. The minimum atomic E-state index is -3.02.